The molecule has 0 spiro atoms. The van der Waals surface area contributed by atoms with Crippen molar-refractivity contribution >= 4 is 38.2 Å². The average Bonchev–Trinajstić information content (AvgIpc) is 2.64. The fraction of sp³-hybridized carbons (Fsp3) is 0.111. The number of nitriles is 1. The minimum absolute atomic E-state index is 0.225. The van der Waals surface area contributed by atoms with E-state index in [0.29, 0.717) is 32.6 Å². The number of pyridine rings is 1. The molecule has 0 unspecified atom stereocenters. The molecule has 0 fully saturated rings. The first-order chi connectivity index (χ1) is 12.1. The molecule has 1 N–H and O–H groups in total. The molecule has 0 bridgehead atoms. The molecule has 3 aromatic rings. The molecule has 1 aromatic heterocycles. The molecular formula is C18H13BrFN3O2. The molecule has 2 aromatic carbocycles. The van der Waals surface area contributed by atoms with Crippen LogP contribution in [0.2, 0.25) is 0 Å². The zero-order valence-corrected chi connectivity index (χ0v) is 15.0. The van der Waals surface area contributed by atoms with Crippen LogP contribution in [0.3, 0.4) is 0 Å². The van der Waals surface area contributed by atoms with Crippen molar-refractivity contribution < 1.29 is 13.9 Å². The van der Waals surface area contributed by atoms with Crippen LogP contribution in [0.4, 0.5) is 15.8 Å². The molecule has 0 aliphatic rings. The van der Waals surface area contributed by atoms with Crippen LogP contribution in [0, 0.1) is 17.1 Å². The quantitative estimate of drug-likeness (QED) is 0.681. The molecule has 1 heterocycles. The molecule has 0 amide bonds. The highest BCUT2D eigenvalue weighted by Gasteiger charge is 2.18. The van der Waals surface area contributed by atoms with Gasteiger partial charge >= 0.3 is 0 Å². The zero-order valence-electron chi connectivity index (χ0n) is 13.4. The van der Waals surface area contributed by atoms with E-state index in [1.54, 1.807) is 30.3 Å². The van der Waals surface area contributed by atoms with E-state index in [9.17, 15) is 9.65 Å². The Morgan fingerprint density at radius 2 is 1.88 bits per heavy atom. The van der Waals surface area contributed by atoms with Gasteiger partial charge in [0.15, 0.2) is 5.82 Å². The van der Waals surface area contributed by atoms with Crippen LogP contribution >= 0.6 is 15.9 Å². The van der Waals surface area contributed by atoms with Gasteiger partial charge in [0.25, 0.3) is 0 Å². The maximum Gasteiger partial charge on any atom is 0.160 e. The summed E-state index contributed by atoms with van der Waals surface area (Å²) in [6, 6.07) is 10.4. The minimum atomic E-state index is -0.460. The first-order valence-corrected chi connectivity index (χ1v) is 8.04. The first-order valence-electron chi connectivity index (χ1n) is 7.25. The van der Waals surface area contributed by atoms with E-state index in [4.69, 9.17) is 9.47 Å². The molecule has 126 valence electrons. The second-order valence-electron chi connectivity index (χ2n) is 5.08. The van der Waals surface area contributed by atoms with Gasteiger partial charge in [-0.2, -0.15) is 5.26 Å². The van der Waals surface area contributed by atoms with Gasteiger partial charge in [-0.3, -0.25) is 4.98 Å². The molecule has 25 heavy (non-hydrogen) atoms. The van der Waals surface area contributed by atoms with Crippen molar-refractivity contribution in [3.63, 3.8) is 0 Å². The van der Waals surface area contributed by atoms with Gasteiger partial charge in [0, 0.05) is 6.20 Å². The molecule has 5 nitrogen and oxygen atoms in total. The SMILES string of the molecule is COc1ccc(OC)c2c(Nc3cccc(Br)c3F)c(C#N)cnc12. The van der Waals surface area contributed by atoms with Crippen molar-refractivity contribution in [3.05, 3.63) is 52.4 Å². The molecule has 0 saturated heterocycles. The highest BCUT2D eigenvalue weighted by Crippen LogP contribution is 2.40. The Bertz CT molecular complexity index is 1000. The third-order valence-corrected chi connectivity index (χ3v) is 4.33. The maximum atomic E-state index is 14.4. The third kappa shape index (κ3) is 2.96. The minimum Gasteiger partial charge on any atom is -0.496 e. The van der Waals surface area contributed by atoms with Gasteiger partial charge in [-0.15, -0.1) is 0 Å². The maximum absolute atomic E-state index is 14.4. The number of anilines is 2. The van der Waals surface area contributed by atoms with Crippen LogP contribution in [-0.4, -0.2) is 19.2 Å². The Kier molecular flexibility index (Phi) is 4.72. The lowest BCUT2D eigenvalue weighted by Gasteiger charge is -2.16. The summed E-state index contributed by atoms with van der Waals surface area (Å²) < 4.78 is 25.5. The van der Waals surface area contributed by atoms with Gasteiger partial charge in [0.2, 0.25) is 0 Å². The van der Waals surface area contributed by atoms with Crippen molar-refractivity contribution in [3.8, 4) is 17.6 Å². The summed E-state index contributed by atoms with van der Waals surface area (Å²) in [6.45, 7) is 0. The summed E-state index contributed by atoms with van der Waals surface area (Å²) in [5.74, 6) is 0.564. The summed E-state index contributed by atoms with van der Waals surface area (Å²) in [7, 11) is 3.05. The molecule has 0 radical (unpaired) electrons. The number of benzene rings is 2. The van der Waals surface area contributed by atoms with Gasteiger partial charge in [0.05, 0.1) is 41.0 Å². The predicted molar refractivity (Wildman–Crippen MR) is 96.9 cm³/mol. The zero-order chi connectivity index (χ0) is 18.0. The number of hydrogen-bond donors (Lipinski definition) is 1. The van der Waals surface area contributed by atoms with Crippen molar-refractivity contribution in [1.82, 2.24) is 4.98 Å². The fourth-order valence-electron chi connectivity index (χ4n) is 2.54. The van der Waals surface area contributed by atoms with Crippen molar-refractivity contribution in [1.29, 1.82) is 5.26 Å². The fourth-order valence-corrected chi connectivity index (χ4v) is 2.90. The Hall–Kier alpha value is -2.85. The molecule has 0 aliphatic carbocycles. The Morgan fingerprint density at radius 3 is 2.56 bits per heavy atom. The lowest BCUT2D eigenvalue weighted by molar-refractivity contribution is 0.410. The number of aromatic nitrogens is 1. The highest BCUT2D eigenvalue weighted by atomic mass is 79.9. The second-order valence-corrected chi connectivity index (χ2v) is 5.93. The third-order valence-electron chi connectivity index (χ3n) is 3.72. The number of ether oxygens (including phenoxy) is 2. The van der Waals surface area contributed by atoms with Gasteiger partial charge in [-0.05, 0) is 40.2 Å². The number of fused-ring (bicyclic) bond motifs is 1. The van der Waals surface area contributed by atoms with Crippen LogP contribution in [0.25, 0.3) is 10.9 Å². The van der Waals surface area contributed by atoms with Gasteiger partial charge < -0.3 is 14.8 Å². The molecule has 0 saturated carbocycles. The van der Waals surface area contributed by atoms with Gasteiger partial charge in [-0.1, -0.05) is 6.07 Å². The molecular weight excluding hydrogens is 389 g/mol. The predicted octanol–water partition coefficient (Wildman–Crippen LogP) is 4.77. The molecule has 0 atom stereocenters. The largest absolute Gasteiger partial charge is 0.496 e. The Labute approximate surface area is 152 Å². The summed E-state index contributed by atoms with van der Waals surface area (Å²) in [5, 5.41) is 13.0. The van der Waals surface area contributed by atoms with E-state index < -0.39 is 5.82 Å². The van der Waals surface area contributed by atoms with Crippen LogP contribution in [0.15, 0.2) is 41.0 Å². The van der Waals surface area contributed by atoms with Crippen molar-refractivity contribution in [2.24, 2.45) is 0 Å². The summed E-state index contributed by atoms with van der Waals surface area (Å²) in [5.41, 5.74) is 1.40. The lowest BCUT2D eigenvalue weighted by Crippen LogP contribution is -2.01. The topological polar surface area (TPSA) is 67.2 Å². The highest BCUT2D eigenvalue weighted by molar-refractivity contribution is 9.10. The normalized spacial score (nSPS) is 10.4. The monoisotopic (exact) mass is 401 g/mol. The van der Waals surface area contributed by atoms with Gasteiger partial charge in [0.1, 0.15) is 23.1 Å². The van der Waals surface area contributed by atoms with E-state index in [1.807, 2.05) is 0 Å². The number of rotatable bonds is 4. The smallest absolute Gasteiger partial charge is 0.160 e. The molecule has 7 heteroatoms. The van der Waals surface area contributed by atoms with Crippen molar-refractivity contribution in [2.75, 3.05) is 19.5 Å². The van der Waals surface area contributed by atoms with E-state index >= 15 is 0 Å². The lowest BCUT2D eigenvalue weighted by atomic mass is 10.1. The number of halogens is 2. The van der Waals surface area contributed by atoms with E-state index in [1.165, 1.54) is 20.4 Å². The van der Waals surface area contributed by atoms with E-state index in [-0.39, 0.29) is 11.3 Å². The standard InChI is InChI=1S/C18H13BrFN3O2/c1-24-13-6-7-14(25-2)18-15(13)17(10(8-21)9-22-18)23-12-5-3-4-11(19)16(12)20/h3-7,9H,1-2H3,(H,22,23). The van der Waals surface area contributed by atoms with E-state index in [0.717, 1.165) is 0 Å². The number of nitrogens with one attached hydrogen (secondary N) is 1. The van der Waals surface area contributed by atoms with E-state index in [2.05, 4.69) is 32.3 Å². The summed E-state index contributed by atoms with van der Waals surface area (Å²) in [4.78, 5) is 4.30. The van der Waals surface area contributed by atoms with Crippen LogP contribution < -0.4 is 14.8 Å². The summed E-state index contributed by atoms with van der Waals surface area (Å²) >= 11 is 3.16. The summed E-state index contributed by atoms with van der Waals surface area (Å²) in [6.07, 6.45) is 1.42. The number of methoxy groups -OCH3 is 2. The van der Waals surface area contributed by atoms with Crippen molar-refractivity contribution in [2.45, 2.75) is 0 Å². The molecule has 3 rings (SSSR count). The Morgan fingerprint density at radius 1 is 1.16 bits per heavy atom. The van der Waals surface area contributed by atoms with Crippen LogP contribution in [-0.2, 0) is 0 Å². The Balaban J connectivity index is 2.32. The average molecular weight is 402 g/mol. The first kappa shape index (κ1) is 17.0. The number of hydrogen-bond acceptors (Lipinski definition) is 5. The second kappa shape index (κ2) is 6.95. The molecule has 0 aliphatic heterocycles. The van der Waals surface area contributed by atoms with Crippen LogP contribution in [0.5, 0.6) is 11.5 Å². The van der Waals surface area contributed by atoms with Crippen LogP contribution in [0.1, 0.15) is 5.56 Å². The van der Waals surface area contributed by atoms with Gasteiger partial charge in [-0.25, -0.2) is 4.39 Å². The number of nitrogens with zero attached hydrogens (tertiary/aromatic N) is 2.